The molecule has 7 nitrogen and oxygen atoms in total. The monoisotopic (exact) mass is 308 g/mol. The van der Waals surface area contributed by atoms with Gasteiger partial charge in [0.1, 0.15) is 5.69 Å². The number of aromatic nitrogens is 5. The minimum Gasteiger partial charge on any atom is -0.342 e. The topological polar surface area (TPSA) is 85.6 Å². The SMILES string of the molecule is Cc1cnc(C(=O)NC(Cn2nccn2)c2ccccc2)cn1. The molecule has 1 N–H and O–H groups in total. The quantitative estimate of drug-likeness (QED) is 0.773. The molecular formula is C16H16N6O. The van der Waals surface area contributed by atoms with Gasteiger partial charge in [0, 0.05) is 6.20 Å². The number of amides is 1. The van der Waals surface area contributed by atoms with Crippen LogP contribution in [-0.2, 0) is 6.54 Å². The van der Waals surface area contributed by atoms with Crippen LogP contribution in [-0.4, -0.2) is 30.9 Å². The van der Waals surface area contributed by atoms with Crippen molar-refractivity contribution in [2.24, 2.45) is 0 Å². The fourth-order valence-electron chi connectivity index (χ4n) is 2.16. The van der Waals surface area contributed by atoms with Crippen LogP contribution in [0.3, 0.4) is 0 Å². The Morgan fingerprint density at radius 3 is 2.52 bits per heavy atom. The fraction of sp³-hybridized carbons (Fsp3) is 0.188. The van der Waals surface area contributed by atoms with Crippen molar-refractivity contribution in [2.75, 3.05) is 0 Å². The van der Waals surface area contributed by atoms with Gasteiger partial charge >= 0.3 is 0 Å². The van der Waals surface area contributed by atoms with Gasteiger partial charge in [-0.1, -0.05) is 30.3 Å². The van der Waals surface area contributed by atoms with E-state index in [2.05, 4.69) is 25.5 Å². The Morgan fingerprint density at radius 1 is 1.13 bits per heavy atom. The highest BCUT2D eigenvalue weighted by molar-refractivity contribution is 5.92. The van der Waals surface area contributed by atoms with Gasteiger partial charge in [-0.05, 0) is 12.5 Å². The van der Waals surface area contributed by atoms with Crippen molar-refractivity contribution in [3.8, 4) is 0 Å². The van der Waals surface area contributed by atoms with Crippen molar-refractivity contribution < 1.29 is 4.79 Å². The first-order valence-corrected chi connectivity index (χ1v) is 7.21. The summed E-state index contributed by atoms with van der Waals surface area (Å²) in [5.74, 6) is -0.279. The van der Waals surface area contributed by atoms with Crippen LogP contribution >= 0.6 is 0 Å². The van der Waals surface area contributed by atoms with Crippen molar-refractivity contribution in [3.05, 3.63) is 72.1 Å². The maximum absolute atomic E-state index is 12.4. The Labute approximate surface area is 133 Å². The lowest BCUT2D eigenvalue weighted by molar-refractivity contribution is 0.0925. The number of nitrogens with one attached hydrogen (secondary N) is 1. The highest BCUT2D eigenvalue weighted by Gasteiger charge is 2.18. The lowest BCUT2D eigenvalue weighted by atomic mass is 10.1. The molecule has 2 heterocycles. The molecule has 0 aliphatic carbocycles. The van der Waals surface area contributed by atoms with Crippen LogP contribution in [0.2, 0.25) is 0 Å². The largest absolute Gasteiger partial charge is 0.342 e. The van der Waals surface area contributed by atoms with Crippen LogP contribution in [0.25, 0.3) is 0 Å². The van der Waals surface area contributed by atoms with Gasteiger partial charge in [0.15, 0.2) is 0 Å². The molecule has 116 valence electrons. The van der Waals surface area contributed by atoms with E-state index in [1.165, 1.54) is 6.20 Å². The van der Waals surface area contributed by atoms with E-state index in [9.17, 15) is 4.79 Å². The summed E-state index contributed by atoms with van der Waals surface area (Å²) in [5.41, 5.74) is 2.02. The van der Waals surface area contributed by atoms with E-state index in [1.54, 1.807) is 23.4 Å². The molecule has 0 saturated carbocycles. The zero-order chi connectivity index (χ0) is 16.1. The molecule has 0 spiro atoms. The number of benzene rings is 1. The van der Waals surface area contributed by atoms with Gasteiger partial charge in [-0.2, -0.15) is 15.0 Å². The van der Waals surface area contributed by atoms with E-state index >= 15 is 0 Å². The van der Waals surface area contributed by atoms with Crippen molar-refractivity contribution in [2.45, 2.75) is 19.5 Å². The zero-order valence-corrected chi connectivity index (χ0v) is 12.6. The molecule has 23 heavy (non-hydrogen) atoms. The number of hydrogen-bond donors (Lipinski definition) is 1. The van der Waals surface area contributed by atoms with Crippen LogP contribution in [0.5, 0.6) is 0 Å². The molecule has 3 aromatic rings. The van der Waals surface area contributed by atoms with E-state index in [0.717, 1.165) is 11.3 Å². The third-order valence-electron chi connectivity index (χ3n) is 3.33. The number of aryl methyl sites for hydroxylation is 1. The molecule has 0 fully saturated rings. The predicted molar refractivity (Wildman–Crippen MR) is 83.4 cm³/mol. The van der Waals surface area contributed by atoms with E-state index in [4.69, 9.17) is 0 Å². The van der Waals surface area contributed by atoms with E-state index in [-0.39, 0.29) is 17.6 Å². The standard InChI is InChI=1S/C16H16N6O/c1-12-9-18-14(10-17-12)16(23)21-15(11-22-19-7-8-20-22)13-5-3-2-4-6-13/h2-10,15H,11H2,1H3,(H,21,23). The first-order valence-electron chi connectivity index (χ1n) is 7.21. The fourth-order valence-corrected chi connectivity index (χ4v) is 2.16. The summed E-state index contributed by atoms with van der Waals surface area (Å²) in [6.45, 7) is 2.26. The number of rotatable bonds is 5. The lowest BCUT2D eigenvalue weighted by Gasteiger charge is -2.18. The summed E-state index contributed by atoms with van der Waals surface area (Å²) in [7, 11) is 0. The van der Waals surface area contributed by atoms with Gasteiger partial charge in [-0.15, -0.1) is 0 Å². The van der Waals surface area contributed by atoms with E-state index in [1.807, 2.05) is 37.3 Å². The van der Waals surface area contributed by atoms with Crippen LogP contribution in [0.15, 0.2) is 55.1 Å². The number of nitrogens with zero attached hydrogens (tertiary/aromatic N) is 5. The Balaban J connectivity index is 1.80. The summed E-state index contributed by atoms with van der Waals surface area (Å²) < 4.78 is 0. The van der Waals surface area contributed by atoms with Gasteiger partial charge in [-0.25, -0.2) is 4.98 Å². The molecule has 0 radical (unpaired) electrons. The van der Waals surface area contributed by atoms with E-state index in [0.29, 0.717) is 6.54 Å². The number of carbonyl (C=O) groups is 1. The summed E-state index contributed by atoms with van der Waals surface area (Å²) in [5, 5.41) is 11.2. The van der Waals surface area contributed by atoms with Crippen molar-refractivity contribution >= 4 is 5.91 Å². The van der Waals surface area contributed by atoms with Gasteiger partial charge in [0.25, 0.3) is 5.91 Å². The Kier molecular flexibility index (Phi) is 4.37. The molecule has 1 amide bonds. The first kappa shape index (κ1) is 14.8. The van der Waals surface area contributed by atoms with Gasteiger partial charge in [0.05, 0.1) is 36.9 Å². The molecule has 0 saturated heterocycles. The maximum atomic E-state index is 12.4. The van der Waals surface area contributed by atoms with Crippen LogP contribution < -0.4 is 5.32 Å². The van der Waals surface area contributed by atoms with E-state index < -0.39 is 0 Å². The second-order valence-electron chi connectivity index (χ2n) is 5.06. The molecule has 3 rings (SSSR count). The lowest BCUT2D eigenvalue weighted by Crippen LogP contribution is -2.32. The molecule has 1 unspecified atom stereocenters. The Bertz CT molecular complexity index is 755. The second kappa shape index (κ2) is 6.78. The summed E-state index contributed by atoms with van der Waals surface area (Å²) >= 11 is 0. The average Bonchev–Trinajstić information content (AvgIpc) is 3.09. The normalized spacial score (nSPS) is 11.9. The highest BCUT2D eigenvalue weighted by Crippen LogP contribution is 2.15. The third-order valence-corrected chi connectivity index (χ3v) is 3.33. The van der Waals surface area contributed by atoms with Gasteiger partial charge < -0.3 is 5.32 Å². The van der Waals surface area contributed by atoms with Gasteiger partial charge in [0.2, 0.25) is 0 Å². The second-order valence-corrected chi connectivity index (χ2v) is 5.06. The molecular weight excluding hydrogens is 292 g/mol. The van der Waals surface area contributed by atoms with Crippen LogP contribution in [0.1, 0.15) is 27.8 Å². The number of hydrogen-bond acceptors (Lipinski definition) is 5. The smallest absolute Gasteiger partial charge is 0.272 e. The maximum Gasteiger partial charge on any atom is 0.272 e. The average molecular weight is 308 g/mol. The Morgan fingerprint density at radius 2 is 1.87 bits per heavy atom. The molecule has 0 aliphatic heterocycles. The van der Waals surface area contributed by atoms with Crippen LogP contribution in [0, 0.1) is 6.92 Å². The molecule has 1 atom stereocenters. The predicted octanol–water partition coefficient (Wildman–Crippen LogP) is 1.55. The zero-order valence-electron chi connectivity index (χ0n) is 12.6. The minimum absolute atomic E-state index is 0.265. The molecule has 7 heteroatoms. The van der Waals surface area contributed by atoms with Crippen molar-refractivity contribution in [1.82, 2.24) is 30.3 Å². The minimum atomic E-state index is -0.279. The van der Waals surface area contributed by atoms with Gasteiger partial charge in [-0.3, -0.25) is 9.78 Å². The highest BCUT2D eigenvalue weighted by atomic mass is 16.2. The van der Waals surface area contributed by atoms with Crippen molar-refractivity contribution in [3.63, 3.8) is 0 Å². The summed E-state index contributed by atoms with van der Waals surface area (Å²) in [6.07, 6.45) is 6.25. The first-order chi connectivity index (χ1) is 11.2. The van der Waals surface area contributed by atoms with Crippen LogP contribution in [0.4, 0.5) is 0 Å². The molecule has 0 bridgehead atoms. The van der Waals surface area contributed by atoms with Crippen molar-refractivity contribution in [1.29, 1.82) is 0 Å². The summed E-state index contributed by atoms with van der Waals surface area (Å²) in [6, 6.07) is 9.43. The Hall–Kier alpha value is -3.09. The third kappa shape index (κ3) is 3.76. The molecule has 1 aromatic carbocycles. The molecule has 2 aromatic heterocycles. The summed E-state index contributed by atoms with van der Waals surface area (Å²) in [4.78, 5) is 22.2. The molecule has 0 aliphatic rings. The number of carbonyl (C=O) groups excluding carboxylic acids is 1.